The highest BCUT2D eigenvalue weighted by Crippen LogP contribution is 2.27. The lowest BCUT2D eigenvalue weighted by Crippen LogP contribution is -2.32. The number of carbonyl (C=O) groups is 2. The number of nitrogens with zero attached hydrogens (tertiary/aromatic N) is 2. The number of aliphatic carboxylic acids is 1. The van der Waals surface area contributed by atoms with Gasteiger partial charge in [-0.15, -0.1) is 0 Å². The summed E-state index contributed by atoms with van der Waals surface area (Å²) in [6.45, 7) is 0.444. The van der Waals surface area contributed by atoms with Crippen molar-refractivity contribution >= 4 is 18.1 Å². The van der Waals surface area contributed by atoms with Crippen LogP contribution in [0.3, 0.4) is 0 Å². The molecule has 0 saturated carbocycles. The summed E-state index contributed by atoms with van der Waals surface area (Å²) < 4.78 is 5.82. The number of nitrogens with one attached hydrogen (secondary N) is 1. The maximum absolute atomic E-state index is 12.0. The van der Waals surface area contributed by atoms with Gasteiger partial charge in [-0.25, -0.2) is 14.8 Å². The molecule has 1 unspecified atom stereocenters. The molecule has 170 valence electrons. The summed E-state index contributed by atoms with van der Waals surface area (Å²) in [5, 5.41) is 12.6. The van der Waals surface area contributed by atoms with E-state index >= 15 is 0 Å². The minimum absolute atomic E-state index is 0.174. The molecular weight excluding hydrogens is 430 g/mol. The SMILES string of the molecule is O=Cc1c(NC(Cc2ccccc2)C(=O)O)ncnc1-c1ccc(OCc2ccccc2)cc1. The number of benzene rings is 3. The number of carboxylic acid groups (broad SMARTS) is 1. The van der Waals surface area contributed by atoms with E-state index < -0.39 is 12.0 Å². The second kappa shape index (κ2) is 10.9. The first-order chi connectivity index (χ1) is 16.6. The van der Waals surface area contributed by atoms with Crippen molar-refractivity contribution in [1.29, 1.82) is 0 Å². The van der Waals surface area contributed by atoms with E-state index in [2.05, 4.69) is 15.3 Å². The Balaban J connectivity index is 1.53. The van der Waals surface area contributed by atoms with Gasteiger partial charge in [0.15, 0.2) is 6.29 Å². The molecule has 4 aromatic rings. The van der Waals surface area contributed by atoms with E-state index in [1.807, 2.05) is 60.7 Å². The van der Waals surface area contributed by atoms with Crippen LogP contribution in [0.15, 0.2) is 91.3 Å². The molecular formula is C27H23N3O4. The van der Waals surface area contributed by atoms with Gasteiger partial charge < -0.3 is 15.2 Å². The standard InChI is InChI=1S/C27H23N3O4/c31-16-23-25(21-11-13-22(14-12-21)34-17-20-9-5-2-6-10-20)28-18-29-26(23)30-24(27(32)33)15-19-7-3-1-4-8-19/h1-14,16,18,24H,15,17H2,(H,32,33)(H,28,29,30). The molecule has 1 atom stereocenters. The highest BCUT2D eigenvalue weighted by molar-refractivity contribution is 5.92. The molecule has 2 N–H and O–H groups in total. The summed E-state index contributed by atoms with van der Waals surface area (Å²) in [7, 11) is 0. The first kappa shape index (κ1) is 22.7. The molecule has 3 aromatic carbocycles. The van der Waals surface area contributed by atoms with Crippen molar-refractivity contribution in [2.24, 2.45) is 0 Å². The fraction of sp³-hybridized carbons (Fsp3) is 0.111. The van der Waals surface area contributed by atoms with Gasteiger partial charge in [-0.1, -0.05) is 60.7 Å². The Morgan fingerprint density at radius 3 is 2.18 bits per heavy atom. The molecule has 0 aliphatic carbocycles. The number of anilines is 1. The van der Waals surface area contributed by atoms with Crippen LogP contribution in [0.2, 0.25) is 0 Å². The zero-order valence-electron chi connectivity index (χ0n) is 18.3. The second-order valence-corrected chi connectivity index (χ2v) is 7.63. The van der Waals surface area contributed by atoms with Crippen molar-refractivity contribution in [2.75, 3.05) is 5.32 Å². The van der Waals surface area contributed by atoms with Crippen molar-refractivity contribution in [1.82, 2.24) is 9.97 Å². The van der Waals surface area contributed by atoms with Crippen molar-refractivity contribution in [3.63, 3.8) is 0 Å². The largest absolute Gasteiger partial charge is 0.489 e. The van der Waals surface area contributed by atoms with E-state index in [9.17, 15) is 14.7 Å². The summed E-state index contributed by atoms with van der Waals surface area (Å²) in [6.07, 6.45) is 2.19. The van der Waals surface area contributed by atoms with Crippen LogP contribution < -0.4 is 10.1 Å². The molecule has 0 amide bonds. The smallest absolute Gasteiger partial charge is 0.326 e. The van der Waals surface area contributed by atoms with E-state index in [4.69, 9.17) is 4.74 Å². The van der Waals surface area contributed by atoms with E-state index in [1.165, 1.54) is 6.33 Å². The monoisotopic (exact) mass is 453 g/mol. The van der Waals surface area contributed by atoms with Gasteiger partial charge in [0, 0.05) is 12.0 Å². The lowest BCUT2D eigenvalue weighted by molar-refractivity contribution is -0.137. The molecule has 7 nitrogen and oxygen atoms in total. The molecule has 0 radical (unpaired) electrons. The molecule has 0 aliphatic rings. The molecule has 1 heterocycles. The first-order valence-electron chi connectivity index (χ1n) is 10.7. The first-order valence-corrected chi connectivity index (χ1v) is 10.7. The van der Waals surface area contributed by atoms with Crippen molar-refractivity contribution in [2.45, 2.75) is 19.1 Å². The highest BCUT2D eigenvalue weighted by atomic mass is 16.5. The van der Waals surface area contributed by atoms with Gasteiger partial charge in [0.05, 0.1) is 11.3 Å². The molecule has 0 fully saturated rings. The Morgan fingerprint density at radius 1 is 0.912 bits per heavy atom. The van der Waals surface area contributed by atoms with E-state index in [0.717, 1.165) is 11.1 Å². The summed E-state index contributed by atoms with van der Waals surface area (Å²) in [6, 6.07) is 25.4. The molecule has 0 aliphatic heterocycles. The third kappa shape index (κ3) is 5.63. The van der Waals surface area contributed by atoms with Gasteiger partial charge in [0.25, 0.3) is 0 Å². The molecule has 7 heteroatoms. The number of hydrogen-bond acceptors (Lipinski definition) is 6. The Hall–Kier alpha value is -4.52. The topological polar surface area (TPSA) is 101 Å². The van der Waals surface area contributed by atoms with Crippen molar-refractivity contribution in [3.05, 3.63) is 108 Å². The van der Waals surface area contributed by atoms with Crippen LogP contribution in [0.25, 0.3) is 11.3 Å². The number of carbonyl (C=O) groups excluding carboxylic acids is 1. The van der Waals surface area contributed by atoms with Crippen LogP contribution in [0.5, 0.6) is 5.75 Å². The Kier molecular flexibility index (Phi) is 7.25. The minimum Gasteiger partial charge on any atom is -0.489 e. The van der Waals surface area contributed by atoms with Crippen LogP contribution in [0.1, 0.15) is 21.5 Å². The van der Waals surface area contributed by atoms with Crippen LogP contribution in [0, 0.1) is 0 Å². The minimum atomic E-state index is -1.04. The molecule has 4 rings (SSSR count). The number of ether oxygens (including phenoxy) is 1. The average molecular weight is 453 g/mol. The second-order valence-electron chi connectivity index (χ2n) is 7.63. The third-order valence-corrected chi connectivity index (χ3v) is 5.27. The predicted octanol–water partition coefficient (Wildman–Crippen LogP) is 4.64. The zero-order chi connectivity index (χ0) is 23.8. The molecule has 0 saturated heterocycles. The fourth-order valence-corrected chi connectivity index (χ4v) is 3.52. The van der Waals surface area contributed by atoms with Crippen molar-refractivity contribution in [3.8, 4) is 17.0 Å². The fourth-order valence-electron chi connectivity index (χ4n) is 3.52. The lowest BCUT2D eigenvalue weighted by atomic mass is 10.0. The quantitative estimate of drug-likeness (QED) is 0.337. The van der Waals surface area contributed by atoms with Crippen molar-refractivity contribution < 1.29 is 19.4 Å². The van der Waals surface area contributed by atoms with E-state index in [-0.39, 0.29) is 17.8 Å². The van der Waals surface area contributed by atoms with Gasteiger partial charge in [-0.05, 0) is 35.4 Å². The normalized spacial score (nSPS) is 11.4. The molecule has 0 spiro atoms. The summed E-state index contributed by atoms with van der Waals surface area (Å²) in [5.74, 6) is -0.185. The van der Waals surface area contributed by atoms with Crippen LogP contribution in [0.4, 0.5) is 5.82 Å². The van der Waals surface area contributed by atoms with Gasteiger partial charge >= 0.3 is 5.97 Å². The molecule has 1 aromatic heterocycles. The predicted molar refractivity (Wildman–Crippen MR) is 129 cm³/mol. The third-order valence-electron chi connectivity index (χ3n) is 5.27. The lowest BCUT2D eigenvalue weighted by Gasteiger charge is -2.17. The number of hydrogen-bond donors (Lipinski definition) is 2. The Morgan fingerprint density at radius 2 is 1.56 bits per heavy atom. The van der Waals surface area contributed by atoms with Gasteiger partial charge in [-0.3, -0.25) is 4.79 Å². The number of carboxylic acids is 1. The molecule has 0 bridgehead atoms. The summed E-state index contributed by atoms with van der Waals surface area (Å²) >= 11 is 0. The van der Waals surface area contributed by atoms with Gasteiger partial charge in [0.1, 0.15) is 30.5 Å². The summed E-state index contributed by atoms with van der Waals surface area (Å²) in [5.41, 5.74) is 3.21. The molecule has 34 heavy (non-hydrogen) atoms. The van der Waals surface area contributed by atoms with Crippen LogP contribution in [-0.4, -0.2) is 33.4 Å². The van der Waals surface area contributed by atoms with Crippen LogP contribution >= 0.6 is 0 Å². The van der Waals surface area contributed by atoms with Gasteiger partial charge in [-0.2, -0.15) is 0 Å². The van der Waals surface area contributed by atoms with Crippen LogP contribution in [-0.2, 0) is 17.8 Å². The number of aldehydes is 1. The zero-order valence-corrected chi connectivity index (χ0v) is 18.3. The van der Waals surface area contributed by atoms with Gasteiger partial charge in [0.2, 0.25) is 0 Å². The maximum atomic E-state index is 12.0. The Bertz CT molecular complexity index is 1250. The van der Waals surface area contributed by atoms with E-state index in [0.29, 0.717) is 29.9 Å². The average Bonchev–Trinajstić information content (AvgIpc) is 2.88. The van der Waals surface area contributed by atoms with E-state index in [1.54, 1.807) is 24.3 Å². The maximum Gasteiger partial charge on any atom is 0.326 e. The number of aromatic nitrogens is 2. The number of rotatable bonds is 10. The summed E-state index contributed by atoms with van der Waals surface area (Å²) in [4.78, 5) is 32.2. The highest BCUT2D eigenvalue weighted by Gasteiger charge is 2.21. The Labute approximate surface area is 197 Å².